The van der Waals surface area contributed by atoms with Crippen LogP contribution < -0.4 is 9.47 Å². The molecule has 0 atom stereocenters. The first-order chi connectivity index (χ1) is 8.94. The maximum atomic E-state index is 9.98. The van der Waals surface area contributed by atoms with Gasteiger partial charge >= 0.3 is 0 Å². The van der Waals surface area contributed by atoms with E-state index in [1.807, 2.05) is 26.8 Å². The Morgan fingerprint density at radius 2 is 1.79 bits per heavy atom. The fourth-order valence-electron chi connectivity index (χ4n) is 2.36. The Labute approximate surface area is 115 Å². The minimum atomic E-state index is -0.316. The van der Waals surface area contributed by atoms with Gasteiger partial charge in [0.25, 0.3) is 0 Å². The monoisotopic (exact) mass is 264 g/mol. The number of benzene rings is 1. The zero-order valence-electron chi connectivity index (χ0n) is 12.1. The van der Waals surface area contributed by atoms with Gasteiger partial charge in [-0.1, -0.05) is 6.42 Å². The number of hydrogen-bond acceptors (Lipinski definition) is 3. The van der Waals surface area contributed by atoms with Crippen molar-refractivity contribution < 1.29 is 14.6 Å². The number of rotatable bonds is 3. The fraction of sp³-hybridized carbons (Fsp3) is 0.625. The minimum Gasteiger partial charge on any atom is -0.504 e. The summed E-state index contributed by atoms with van der Waals surface area (Å²) in [5, 5.41) is 9.98. The van der Waals surface area contributed by atoms with Crippen LogP contribution in [0, 0.1) is 0 Å². The molecule has 0 aliphatic heterocycles. The van der Waals surface area contributed by atoms with Gasteiger partial charge in [-0.3, -0.25) is 0 Å². The second-order valence-corrected chi connectivity index (χ2v) is 6.22. The van der Waals surface area contributed by atoms with Gasteiger partial charge in [-0.25, -0.2) is 0 Å². The summed E-state index contributed by atoms with van der Waals surface area (Å²) in [4.78, 5) is 0. The maximum absolute atomic E-state index is 9.98. The normalized spacial score (nSPS) is 17.2. The van der Waals surface area contributed by atoms with E-state index in [4.69, 9.17) is 9.47 Å². The molecule has 1 aliphatic carbocycles. The summed E-state index contributed by atoms with van der Waals surface area (Å²) >= 11 is 0. The topological polar surface area (TPSA) is 38.7 Å². The van der Waals surface area contributed by atoms with Crippen molar-refractivity contribution in [3.05, 3.63) is 18.2 Å². The van der Waals surface area contributed by atoms with E-state index in [1.165, 1.54) is 19.3 Å². The van der Waals surface area contributed by atoms with E-state index in [9.17, 15) is 5.11 Å². The van der Waals surface area contributed by atoms with Gasteiger partial charge in [0, 0.05) is 6.07 Å². The van der Waals surface area contributed by atoms with Crippen LogP contribution in [-0.2, 0) is 0 Å². The highest BCUT2D eigenvalue weighted by Crippen LogP contribution is 2.34. The average Bonchev–Trinajstić information content (AvgIpc) is 2.33. The molecule has 0 saturated heterocycles. The zero-order chi connectivity index (χ0) is 13.9. The van der Waals surface area contributed by atoms with Crippen molar-refractivity contribution in [3.63, 3.8) is 0 Å². The largest absolute Gasteiger partial charge is 0.504 e. The number of ether oxygens (including phenoxy) is 2. The fourth-order valence-corrected chi connectivity index (χ4v) is 2.36. The maximum Gasteiger partial charge on any atom is 0.161 e. The Balaban J connectivity index is 2.01. The number of aromatic hydroxyl groups is 1. The molecule has 1 aromatic carbocycles. The molecule has 0 unspecified atom stereocenters. The van der Waals surface area contributed by atoms with E-state index in [-0.39, 0.29) is 11.4 Å². The number of phenolic OH excluding ortho intramolecular Hbond substituents is 1. The summed E-state index contributed by atoms with van der Waals surface area (Å²) < 4.78 is 11.6. The molecule has 3 nitrogen and oxygen atoms in total. The highest BCUT2D eigenvalue weighted by molar-refractivity contribution is 5.44. The Kier molecular flexibility index (Phi) is 4.23. The molecule has 106 valence electrons. The molecule has 0 spiro atoms. The van der Waals surface area contributed by atoms with Gasteiger partial charge in [-0.15, -0.1) is 0 Å². The van der Waals surface area contributed by atoms with Crippen LogP contribution in [0.1, 0.15) is 52.9 Å². The van der Waals surface area contributed by atoms with Crippen LogP contribution in [0.4, 0.5) is 0 Å². The van der Waals surface area contributed by atoms with Gasteiger partial charge in [0.05, 0.1) is 6.10 Å². The van der Waals surface area contributed by atoms with Crippen molar-refractivity contribution in [2.24, 2.45) is 0 Å². The van der Waals surface area contributed by atoms with Gasteiger partial charge in [-0.2, -0.15) is 0 Å². The standard InChI is InChI=1S/C16H24O3/c1-16(2,3)19-15-10-9-13(11-14(15)17)18-12-7-5-4-6-8-12/h9-12,17H,4-8H2,1-3H3. The third kappa shape index (κ3) is 4.34. The molecule has 1 aromatic rings. The molecule has 1 fully saturated rings. The zero-order valence-corrected chi connectivity index (χ0v) is 12.1. The molecule has 0 heterocycles. The lowest BCUT2D eigenvalue weighted by molar-refractivity contribution is 0.124. The first-order valence-electron chi connectivity index (χ1n) is 7.13. The lowest BCUT2D eigenvalue weighted by Crippen LogP contribution is -2.23. The van der Waals surface area contributed by atoms with E-state index in [2.05, 4.69) is 0 Å². The molecular weight excluding hydrogens is 240 g/mol. The van der Waals surface area contributed by atoms with Crippen molar-refractivity contribution in [1.82, 2.24) is 0 Å². The van der Waals surface area contributed by atoms with Crippen molar-refractivity contribution in [2.75, 3.05) is 0 Å². The highest BCUT2D eigenvalue weighted by atomic mass is 16.5. The summed E-state index contributed by atoms with van der Waals surface area (Å²) in [6, 6.07) is 5.30. The van der Waals surface area contributed by atoms with Crippen LogP contribution in [0.25, 0.3) is 0 Å². The minimum absolute atomic E-state index is 0.142. The van der Waals surface area contributed by atoms with Crippen LogP contribution >= 0.6 is 0 Å². The number of phenols is 1. The van der Waals surface area contributed by atoms with E-state index in [0.29, 0.717) is 11.9 Å². The quantitative estimate of drug-likeness (QED) is 0.885. The lowest BCUT2D eigenvalue weighted by Gasteiger charge is -2.24. The first kappa shape index (κ1) is 14.0. The van der Waals surface area contributed by atoms with Gasteiger partial charge in [0.15, 0.2) is 11.5 Å². The van der Waals surface area contributed by atoms with Crippen LogP contribution in [0.3, 0.4) is 0 Å². The van der Waals surface area contributed by atoms with Crippen molar-refractivity contribution in [1.29, 1.82) is 0 Å². The van der Waals surface area contributed by atoms with E-state index in [0.717, 1.165) is 18.6 Å². The van der Waals surface area contributed by atoms with Gasteiger partial charge in [0.2, 0.25) is 0 Å². The average molecular weight is 264 g/mol. The number of hydrogen-bond donors (Lipinski definition) is 1. The van der Waals surface area contributed by atoms with Crippen LogP contribution in [-0.4, -0.2) is 16.8 Å². The summed E-state index contributed by atoms with van der Waals surface area (Å²) in [5.74, 6) is 1.37. The molecular formula is C16H24O3. The molecule has 1 saturated carbocycles. The third-order valence-corrected chi connectivity index (χ3v) is 3.20. The molecule has 0 bridgehead atoms. The van der Waals surface area contributed by atoms with Crippen LogP contribution in [0.15, 0.2) is 18.2 Å². The molecule has 0 aromatic heterocycles. The SMILES string of the molecule is CC(C)(C)Oc1ccc(OC2CCCCC2)cc1O. The highest BCUT2D eigenvalue weighted by Gasteiger charge is 2.17. The summed E-state index contributed by atoms with van der Waals surface area (Å²) in [5.41, 5.74) is -0.316. The predicted octanol–water partition coefficient (Wildman–Crippen LogP) is 4.28. The van der Waals surface area contributed by atoms with Gasteiger partial charge in [0.1, 0.15) is 11.4 Å². The Hall–Kier alpha value is -1.38. The summed E-state index contributed by atoms with van der Waals surface area (Å²) in [6.45, 7) is 5.87. The predicted molar refractivity (Wildman–Crippen MR) is 76.0 cm³/mol. The van der Waals surface area contributed by atoms with Crippen LogP contribution in [0.2, 0.25) is 0 Å². The molecule has 1 aliphatic rings. The first-order valence-corrected chi connectivity index (χ1v) is 7.13. The van der Waals surface area contributed by atoms with Crippen LogP contribution in [0.5, 0.6) is 17.2 Å². The van der Waals surface area contributed by atoms with Crippen molar-refractivity contribution in [3.8, 4) is 17.2 Å². The summed E-state index contributed by atoms with van der Waals surface area (Å²) in [7, 11) is 0. The molecule has 19 heavy (non-hydrogen) atoms. The molecule has 0 amide bonds. The molecule has 1 N–H and O–H groups in total. The molecule has 0 radical (unpaired) electrons. The van der Waals surface area contributed by atoms with Crippen molar-refractivity contribution >= 4 is 0 Å². The van der Waals surface area contributed by atoms with E-state index >= 15 is 0 Å². The lowest BCUT2D eigenvalue weighted by atomic mass is 9.98. The second-order valence-electron chi connectivity index (χ2n) is 6.22. The smallest absolute Gasteiger partial charge is 0.161 e. The Bertz CT molecular complexity index is 414. The van der Waals surface area contributed by atoms with Gasteiger partial charge in [-0.05, 0) is 58.6 Å². The van der Waals surface area contributed by atoms with Gasteiger partial charge < -0.3 is 14.6 Å². The third-order valence-electron chi connectivity index (χ3n) is 3.20. The Morgan fingerprint density at radius 3 is 2.37 bits per heavy atom. The van der Waals surface area contributed by atoms with E-state index in [1.54, 1.807) is 12.1 Å². The summed E-state index contributed by atoms with van der Waals surface area (Å²) in [6.07, 6.45) is 6.30. The second kappa shape index (κ2) is 5.72. The molecule has 3 heteroatoms. The Morgan fingerprint density at radius 1 is 1.11 bits per heavy atom. The molecule has 2 rings (SSSR count). The van der Waals surface area contributed by atoms with E-state index < -0.39 is 0 Å². The van der Waals surface area contributed by atoms with Crippen molar-refractivity contribution in [2.45, 2.75) is 64.6 Å².